The number of aromatic amines is 1. The van der Waals surface area contributed by atoms with Crippen LogP contribution in [0.4, 0.5) is 5.82 Å². The Morgan fingerprint density at radius 2 is 2.00 bits per heavy atom. The highest BCUT2D eigenvalue weighted by atomic mass is 16.5. The number of amides is 1. The largest absolute Gasteiger partial charge is 0.496 e. The molecule has 0 unspecified atom stereocenters. The molecule has 2 aliphatic heterocycles. The number of likely N-dealkylation sites (N-methyl/N-ethyl adjacent to an activating group) is 1. The van der Waals surface area contributed by atoms with Crippen molar-refractivity contribution in [2.24, 2.45) is 0 Å². The first-order chi connectivity index (χ1) is 22.9. The summed E-state index contributed by atoms with van der Waals surface area (Å²) >= 11 is 0. The first kappa shape index (κ1) is 30.7. The van der Waals surface area contributed by atoms with E-state index in [1.807, 2.05) is 18.3 Å². The van der Waals surface area contributed by atoms with Gasteiger partial charge in [0.25, 0.3) is 0 Å². The Hall–Kier alpha value is -4.89. The third-order valence-electron chi connectivity index (χ3n) is 9.62. The van der Waals surface area contributed by atoms with Gasteiger partial charge in [-0.1, -0.05) is 12.6 Å². The van der Waals surface area contributed by atoms with Crippen molar-refractivity contribution in [1.29, 1.82) is 5.26 Å². The Balaban J connectivity index is 1.42. The number of hydrogen-bond acceptors (Lipinski definition) is 10. The second-order valence-electron chi connectivity index (χ2n) is 12.7. The minimum Gasteiger partial charge on any atom is -0.496 e. The summed E-state index contributed by atoms with van der Waals surface area (Å²) in [5.41, 5.74) is 4.37. The minimum absolute atomic E-state index is 0.0660. The molecule has 2 atom stereocenters. The van der Waals surface area contributed by atoms with Gasteiger partial charge in [-0.3, -0.25) is 9.89 Å². The van der Waals surface area contributed by atoms with Crippen LogP contribution in [0.25, 0.3) is 32.9 Å². The highest BCUT2D eigenvalue weighted by molar-refractivity contribution is 6.06. The molecule has 12 heteroatoms. The highest BCUT2D eigenvalue weighted by Crippen LogP contribution is 2.50. The highest BCUT2D eigenvalue weighted by Gasteiger charge is 2.34. The number of benzene rings is 2. The van der Waals surface area contributed by atoms with E-state index in [0.29, 0.717) is 49.1 Å². The fraction of sp³-hybridized carbons (Fsp3) is 0.457. The Bertz CT molecular complexity index is 1880. The fourth-order valence-corrected chi connectivity index (χ4v) is 6.90. The zero-order chi connectivity index (χ0) is 32.7. The maximum absolute atomic E-state index is 12.7. The van der Waals surface area contributed by atoms with Gasteiger partial charge in [0.15, 0.2) is 5.75 Å². The van der Waals surface area contributed by atoms with E-state index in [0.717, 1.165) is 65.2 Å². The van der Waals surface area contributed by atoms with Crippen LogP contribution in [0.2, 0.25) is 0 Å². The monoisotopic (exact) mass is 636 g/mol. The molecule has 2 aromatic carbocycles. The number of likely N-dealkylation sites (tertiary alicyclic amines) is 1. The summed E-state index contributed by atoms with van der Waals surface area (Å²) in [7, 11) is 3.78. The molecule has 2 aromatic heterocycles. The molecule has 1 saturated carbocycles. The van der Waals surface area contributed by atoms with E-state index in [-0.39, 0.29) is 36.5 Å². The number of piperazine rings is 1. The lowest BCUT2D eigenvalue weighted by Crippen LogP contribution is -2.55. The zero-order valence-corrected chi connectivity index (χ0v) is 27.2. The van der Waals surface area contributed by atoms with Crippen molar-refractivity contribution >= 4 is 33.5 Å². The smallest absolute Gasteiger partial charge is 0.319 e. The van der Waals surface area contributed by atoms with Gasteiger partial charge >= 0.3 is 6.01 Å². The molecule has 3 fully saturated rings. The molecule has 0 radical (unpaired) electrons. The number of H-pyrrole nitrogens is 1. The Kier molecular flexibility index (Phi) is 8.32. The van der Waals surface area contributed by atoms with E-state index in [2.05, 4.69) is 52.7 Å². The predicted octanol–water partition coefficient (Wildman–Crippen LogP) is 4.62. The van der Waals surface area contributed by atoms with Crippen LogP contribution in [0, 0.1) is 18.3 Å². The number of ether oxygens (including phenoxy) is 3. The Morgan fingerprint density at radius 3 is 2.72 bits per heavy atom. The number of anilines is 1. The molecule has 2 saturated heterocycles. The van der Waals surface area contributed by atoms with Gasteiger partial charge in [-0.05, 0) is 70.0 Å². The number of aromatic nitrogens is 4. The summed E-state index contributed by atoms with van der Waals surface area (Å²) in [6.07, 6.45) is 7.49. The third kappa shape index (κ3) is 5.80. The third-order valence-corrected chi connectivity index (χ3v) is 9.62. The fourth-order valence-electron chi connectivity index (χ4n) is 6.90. The molecule has 4 heterocycles. The van der Waals surface area contributed by atoms with Gasteiger partial charge in [-0.25, -0.2) is 0 Å². The first-order valence-electron chi connectivity index (χ1n) is 16.3. The lowest BCUT2D eigenvalue weighted by atomic mass is 9.94. The average molecular weight is 637 g/mol. The Labute approximate surface area is 273 Å². The van der Waals surface area contributed by atoms with Crippen LogP contribution in [-0.2, 0) is 4.79 Å². The summed E-state index contributed by atoms with van der Waals surface area (Å²) in [6.45, 7) is 8.59. The first-order valence-corrected chi connectivity index (χ1v) is 16.3. The predicted molar refractivity (Wildman–Crippen MR) is 179 cm³/mol. The number of nitrogens with one attached hydrogen (secondary N) is 1. The van der Waals surface area contributed by atoms with Gasteiger partial charge in [-0.15, -0.1) is 0 Å². The van der Waals surface area contributed by atoms with Gasteiger partial charge in [0, 0.05) is 36.6 Å². The summed E-state index contributed by atoms with van der Waals surface area (Å²) in [5, 5.41) is 18.8. The van der Waals surface area contributed by atoms with Crippen molar-refractivity contribution in [3.05, 3.63) is 42.6 Å². The van der Waals surface area contributed by atoms with Crippen LogP contribution in [0.15, 0.2) is 37.1 Å². The van der Waals surface area contributed by atoms with Gasteiger partial charge in [0.1, 0.15) is 23.7 Å². The molecule has 47 heavy (non-hydrogen) atoms. The normalized spacial score (nSPS) is 20.0. The number of methoxy groups -OCH3 is 1. The number of nitrogens with zero attached hydrogens (tertiary/aromatic N) is 7. The quantitative estimate of drug-likeness (QED) is 0.246. The van der Waals surface area contributed by atoms with Crippen LogP contribution in [0.5, 0.6) is 17.5 Å². The molecule has 0 spiro atoms. The van der Waals surface area contributed by atoms with Gasteiger partial charge in [0.05, 0.1) is 54.4 Å². The summed E-state index contributed by atoms with van der Waals surface area (Å²) in [5.74, 6) is 1.73. The van der Waals surface area contributed by atoms with Crippen LogP contribution < -0.4 is 19.1 Å². The molecular weight excluding hydrogens is 596 g/mol. The SMILES string of the molecule is C=CC(=O)N1CCN(c2nc(OC[C@@H]3CCCN3C)nc3c(OC4CC4)c(-c4c(C)ccc5[nH]ncc45)c(OC)cc23)C[C@@H]1CC#N. The van der Waals surface area contributed by atoms with E-state index < -0.39 is 0 Å². The molecule has 12 nitrogen and oxygen atoms in total. The molecule has 1 N–H and O–H groups in total. The maximum Gasteiger partial charge on any atom is 0.319 e. The van der Waals surface area contributed by atoms with Gasteiger partial charge < -0.3 is 28.9 Å². The standard InChI is InChI=1S/C35H40N8O4/c1-5-29(44)43-16-15-42(19-22(43)12-13-36)34-25-17-28(45-4)31(30-21(2)8-11-27-26(30)18-37-40-27)33(47-24-9-10-24)32(25)38-35(39-34)46-20-23-7-6-14-41(23)3/h5,8,11,17-18,22-24H,1,6-7,9-10,12,14-16,19-20H2,2-4H3,(H,37,40)/t22-,23-/m0/s1. The molecule has 3 aliphatic rings. The molecule has 244 valence electrons. The minimum atomic E-state index is -0.328. The van der Waals surface area contributed by atoms with Crippen LogP contribution >= 0.6 is 0 Å². The van der Waals surface area contributed by atoms with Crippen LogP contribution in [0.1, 0.15) is 37.7 Å². The van der Waals surface area contributed by atoms with E-state index in [4.69, 9.17) is 24.2 Å². The molecule has 1 amide bonds. The molecule has 0 bridgehead atoms. The topological polar surface area (TPSA) is 133 Å². The van der Waals surface area contributed by atoms with Crippen molar-refractivity contribution < 1.29 is 19.0 Å². The summed E-state index contributed by atoms with van der Waals surface area (Å²) in [6, 6.07) is 8.55. The van der Waals surface area contributed by atoms with E-state index in [9.17, 15) is 10.1 Å². The molecule has 4 aromatic rings. The second kappa shape index (κ2) is 12.7. The van der Waals surface area contributed by atoms with Crippen molar-refractivity contribution in [1.82, 2.24) is 30.0 Å². The average Bonchev–Trinajstić information content (AvgIpc) is 3.61. The number of hydrogen-bond donors (Lipinski definition) is 1. The van der Waals surface area contributed by atoms with E-state index in [1.165, 1.54) is 6.08 Å². The van der Waals surface area contributed by atoms with Crippen LogP contribution in [0.3, 0.4) is 0 Å². The van der Waals surface area contributed by atoms with Crippen molar-refractivity contribution in [3.63, 3.8) is 0 Å². The van der Waals surface area contributed by atoms with Crippen LogP contribution in [-0.4, -0.2) is 101 Å². The van der Waals surface area contributed by atoms with Crippen molar-refractivity contribution in [2.45, 2.75) is 57.2 Å². The number of fused-ring (bicyclic) bond motifs is 2. The lowest BCUT2D eigenvalue weighted by Gasteiger charge is -2.41. The van der Waals surface area contributed by atoms with Crippen molar-refractivity contribution in [2.75, 3.05) is 51.8 Å². The number of aryl methyl sites for hydroxylation is 1. The Morgan fingerprint density at radius 1 is 1.15 bits per heavy atom. The van der Waals surface area contributed by atoms with Gasteiger partial charge in [0.2, 0.25) is 5.91 Å². The summed E-state index contributed by atoms with van der Waals surface area (Å²) < 4.78 is 19.3. The van der Waals surface area contributed by atoms with E-state index >= 15 is 0 Å². The molecule has 1 aliphatic carbocycles. The zero-order valence-electron chi connectivity index (χ0n) is 27.2. The van der Waals surface area contributed by atoms with E-state index in [1.54, 1.807) is 12.0 Å². The maximum atomic E-state index is 12.7. The number of nitriles is 1. The number of carbonyl (C=O) groups excluding carboxylic acids is 1. The van der Waals surface area contributed by atoms with Crippen molar-refractivity contribution in [3.8, 4) is 34.7 Å². The molecule has 7 rings (SSSR count). The molecular formula is C35H40N8O4. The number of carbonyl (C=O) groups is 1. The lowest BCUT2D eigenvalue weighted by molar-refractivity contribution is -0.128. The summed E-state index contributed by atoms with van der Waals surface area (Å²) in [4.78, 5) is 28.9. The van der Waals surface area contributed by atoms with Gasteiger partial charge in [-0.2, -0.15) is 20.3 Å². The second-order valence-corrected chi connectivity index (χ2v) is 12.7. The number of rotatable bonds is 10.